The molecular formula is C21H21ClN2O5. The Morgan fingerprint density at radius 1 is 1.10 bits per heavy atom. The van der Waals surface area contributed by atoms with Crippen LogP contribution < -0.4 is 15.4 Å². The van der Waals surface area contributed by atoms with E-state index in [-0.39, 0.29) is 35.7 Å². The zero-order valence-corrected chi connectivity index (χ0v) is 16.5. The maximum Gasteiger partial charge on any atom is 0.303 e. The van der Waals surface area contributed by atoms with E-state index in [0.717, 1.165) is 0 Å². The molecule has 0 radical (unpaired) electrons. The molecular weight excluding hydrogens is 396 g/mol. The van der Waals surface area contributed by atoms with Gasteiger partial charge in [0, 0.05) is 13.0 Å². The Hall–Kier alpha value is -3.32. The van der Waals surface area contributed by atoms with E-state index in [0.29, 0.717) is 11.3 Å². The molecule has 0 aliphatic carbocycles. The van der Waals surface area contributed by atoms with Gasteiger partial charge in [-0.05, 0) is 42.3 Å². The zero-order chi connectivity index (χ0) is 21.2. The van der Waals surface area contributed by atoms with Crippen molar-refractivity contribution in [3.8, 4) is 5.75 Å². The molecule has 0 spiro atoms. The molecule has 8 heteroatoms. The van der Waals surface area contributed by atoms with Crippen molar-refractivity contribution in [3.05, 3.63) is 70.4 Å². The first kappa shape index (κ1) is 22.0. The number of carboxylic acid groups (broad SMARTS) is 1. The highest BCUT2D eigenvalue weighted by Crippen LogP contribution is 2.16. The van der Waals surface area contributed by atoms with Gasteiger partial charge in [0.05, 0.1) is 17.7 Å². The molecule has 0 fully saturated rings. The van der Waals surface area contributed by atoms with E-state index < -0.39 is 17.8 Å². The smallest absolute Gasteiger partial charge is 0.303 e. The molecule has 0 heterocycles. The van der Waals surface area contributed by atoms with Gasteiger partial charge in [0.25, 0.3) is 11.8 Å². The van der Waals surface area contributed by atoms with Gasteiger partial charge in [-0.25, -0.2) is 0 Å². The minimum absolute atomic E-state index is 0.00964. The number of carbonyl (C=O) groups excluding carboxylic acids is 2. The average molecular weight is 417 g/mol. The van der Waals surface area contributed by atoms with E-state index in [9.17, 15) is 14.4 Å². The van der Waals surface area contributed by atoms with Crippen LogP contribution in [0.15, 0.2) is 54.2 Å². The van der Waals surface area contributed by atoms with Crippen molar-refractivity contribution in [1.82, 2.24) is 10.6 Å². The van der Waals surface area contributed by atoms with Crippen LogP contribution in [0.5, 0.6) is 5.75 Å². The summed E-state index contributed by atoms with van der Waals surface area (Å²) < 4.78 is 5.11. The number of ether oxygens (including phenoxy) is 1. The first-order valence-corrected chi connectivity index (χ1v) is 9.20. The van der Waals surface area contributed by atoms with Crippen molar-refractivity contribution < 1.29 is 24.2 Å². The average Bonchev–Trinajstić information content (AvgIpc) is 2.71. The van der Waals surface area contributed by atoms with Crippen molar-refractivity contribution in [2.24, 2.45) is 0 Å². The topological polar surface area (TPSA) is 105 Å². The summed E-state index contributed by atoms with van der Waals surface area (Å²) in [6.45, 7) is 0.160. The van der Waals surface area contributed by atoms with Crippen LogP contribution in [0.2, 0.25) is 5.02 Å². The monoisotopic (exact) mass is 416 g/mol. The summed E-state index contributed by atoms with van der Waals surface area (Å²) in [5, 5.41) is 14.1. The van der Waals surface area contributed by atoms with Gasteiger partial charge >= 0.3 is 5.97 Å². The van der Waals surface area contributed by atoms with Crippen LogP contribution in [0.1, 0.15) is 28.8 Å². The highest BCUT2D eigenvalue weighted by Gasteiger charge is 2.16. The molecule has 7 nitrogen and oxygen atoms in total. The molecule has 0 saturated carbocycles. The van der Waals surface area contributed by atoms with Crippen LogP contribution in [0, 0.1) is 0 Å². The molecule has 0 saturated heterocycles. The number of hydrogen-bond donors (Lipinski definition) is 3. The van der Waals surface area contributed by atoms with E-state index >= 15 is 0 Å². The number of carboxylic acids is 1. The number of rotatable bonds is 9. The van der Waals surface area contributed by atoms with Gasteiger partial charge in [0.2, 0.25) is 0 Å². The third-order valence-corrected chi connectivity index (χ3v) is 4.22. The molecule has 3 N–H and O–H groups in total. The number of halogens is 1. The van der Waals surface area contributed by atoms with Crippen molar-refractivity contribution in [2.75, 3.05) is 13.7 Å². The Labute approximate surface area is 173 Å². The van der Waals surface area contributed by atoms with E-state index in [1.165, 1.54) is 6.08 Å². The van der Waals surface area contributed by atoms with Crippen molar-refractivity contribution in [3.63, 3.8) is 0 Å². The molecule has 2 amide bonds. The van der Waals surface area contributed by atoms with E-state index in [2.05, 4.69) is 10.6 Å². The molecule has 29 heavy (non-hydrogen) atoms. The molecule has 0 aliphatic heterocycles. The van der Waals surface area contributed by atoms with Crippen LogP contribution in [-0.2, 0) is 9.59 Å². The molecule has 0 aromatic heterocycles. The standard InChI is InChI=1S/C21H21ClN2O5/c1-29-15-10-8-14(9-11-15)13-18(21(28)23-12-4-7-19(25)26)24-20(27)16-5-2-3-6-17(16)22/h2-3,5-6,8-11,13H,4,7,12H2,1H3,(H,23,28)(H,24,27)(H,25,26)/b18-13+. The number of aliphatic carboxylic acids is 1. The van der Waals surface area contributed by atoms with Gasteiger partial charge in [-0.15, -0.1) is 0 Å². The lowest BCUT2D eigenvalue weighted by molar-refractivity contribution is -0.137. The Bertz CT molecular complexity index is 910. The second-order valence-electron chi connectivity index (χ2n) is 6.02. The first-order chi connectivity index (χ1) is 13.9. The highest BCUT2D eigenvalue weighted by atomic mass is 35.5. The van der Waals surface area contributed by atoms with Gasteiger partial charge in [0.1, 0.15) is 11.4 Å². The summed E-state index contributed by atoms with van der Waals surface area (Å²) in [4.78, 5) is 35.7. The number of carbonyl (C=O) groups is 3. The van der Waals surface area contributed by atoms with Crippen LogP contribution in [0.3, 0.4) is 0 Å². The summed E-state index contributed by atoms with van der Waals surface area (Å²) >= 11 is 6.06. The lowest BCUT2D eigenvalue weighted by atomic mass is 10.1. The fourth-order valence-corrected chi connectivity index (χ4v) is 2.62. The van der Waals surface area contributed by atoms with Crippen molar-refractivity contribution in [1.29, 1.82) is 0 Å². The van der Waals surface area contributed by atoms with Crippen LogP contribution >= 0.6 is 11.6 Å². The quantitative estimate of drug-likeness (QED) is 0.430. The lowest BCUT2D eigenvalue weighted by Gasteiger charge is -2.12. The molecule has 2 rings (SSSR count). The first-order valence-electron chi connectivity index (χ1n) is 8.82. The van der Waals surface area contributed by atoms with Crippen LogP contribution in [0.25, 0.3) is 6.08 Å². The molecule has 0 bridgehead atoms. The molecule has 2 aromatic rings. The number of hydrogen-bond acceptors (Lipinski definition) is 4. The zero-order valence-electron chi connectivity index (χ0n) is 15.8. The van der Waals surface area contributed by atoms with Crippen molar-refractivity contribution >= 4 is 35.5 Å². The Morgan fingerprint density at radius 3 is 2.41 bits per heavy atom. The third kappa shape index (κ3) is 6.97. The fraction of sp³-hybridized carbons (Fsp3) is 0.190. The fourth-order valence-electron chi connectivity index (χ4n) is 2.40. The second-order valence-corrected chi connectivity index (χ2v) is 6.43. The SMILES string of the molecule is COc1ccc(/C=C(/NC(=O)c2ccccc2Cl)C(=O)NCCCC(=O)O)cc1. The largest absolute Gasteiger partial charge is 0.497 e. The van der Waals surface area contributed by atoms with Gasteiger partial charge in [-0.1, -0.05) is 35.9 Å². The van der Waals surface area contributed by atoms with Crippen LogP contribution in [0.4, 0.5) is 0 Å². The molecule has 0 unspecified atom stereocenters. The summed E-state index contributed by atoms with van der Waals surface area (Å²) in [5.41, 5.74) is 0.907. The number of nitrogens with one attached hydrogen (secondary N) is 2. The molecule has 0 aliphatic rings. The normalized spacial score (nSPS) is 10.9. The lowest BCUT2D eigenvalue weighted by Crippen LogP contribution is -2.35. The van der Waals surface area contributed by atoms with E-state index in [4.69, 9.17) is 21.4 Å². The Morgan fingerprint density at radius 2 is 1.79 bits per heavy atom. The summed E-state index contributed by atoms with van der Waals surface area (Å²) in [7, 11) is 1.55. The van der Waals surface area contributed by atoms with Gasteiger partial charge in [0.15, 0.2) is 0 Å². The number of benzene rings is 2. The molecule has 0 atom stereocenters. The number of amides is 2. The van der Waals surface area contributed by atoms with Gasteiger partial charge in [-0.2, -0.15) is 0 Å². The minimum atomic E-state index is -0.944. The van der Waals surface area contributed by atoms with Gasteiger partial charge < -0.3 is 20.5 Å². The number of methoxy groups -OCH3 is 1. The summed E-state index contributed by atoms with van der Waals surface area (Å²) in [6.07, 6.45) is 1.72. The maximum absolute atomic E-state index is 12.6. The summed E-state index contributed by atoms with van der Waals surface area (Å²) in [6, 6.07) is 13.4. The van der Waals surface area contributed by atoms with Crippen LogP contribution in [-0.4, -0.2) is 36.5 Å². The summed E-state index contributed by atoms with van der Waals surface area (Å²) in [5.74, 6) is -1.36. The predicted octanol–water partition coefficient (Wildman–Crippen LogP) is 3.10. The minimum Gasteiger partial charge on any atom is -0.497 e. The molecule has 2 aromatic carbocycles. The highest BCUT2D eigenvalue weighted by molar-refractivity contribution is 6.34. The Balaban J connectivity index is 2.20. The Kier molecular flexibility index (Phi) is 8.24. The van der Waals surface area contributed by atoms with E-state index in [1.54, 1.807) is 55.6 Å². The predicted molar refractivity (Wildman–Crippen MR) is 110 cm³/mol. The third-order valence-electron chi connectivity index (χ3n) is 3.89. The maximum atomic E-state index is 12.6. The van der Waals surface area contributed by atoms with Crippen molar-refractivity contribution in [2.45, 2.75) is 12.8 Å². The van der Waals surface area contributed by atoms with Gasteiger partial charge in [-0.3, -0.25) is 14.4 Å². The second kappa shape index (κ2) is 10.9. The van der Waals surface area contributed by atoms with E-state index in [1.807, 2.05) is 0 Å². The molecule has 152 valence electrons.